The molecule has 1 aliphatic rings. The Morgan fingerprint density at radius 2 is 2.30 bits per heavy atom. The second-order valence-corrected chi connectivity index (χ2v) is 5.56. The Kier molecular flexibility index (Phi) is 3.83. The Balaban J connectivity index is 1.70. The third-order valence-corrected chi connectivity index (χ3v) is 4.20. The Morgan fingerprint density at radius 1 is 1.40 bits per heavy atom. The van der Waals surface area contributed by atoms with E-state index in [1.54, 1.807) is 12.1 Å². The summed E-state index contributed by atoms with van der Waals surface area (Å²) < 4.78 is 15.5. The zero-order valence-electron chi connectivity index (χ0n) is 11.7. The summed E-state index contributed by atoms with van der Waals surface area (Å²) in [5, 5.41) is 3.65. The fourth-order valence-electron chi connectivity index (χ4n) is 3.15. The first-order valence-electron chi connectivity index (χ1n) is 7.23. The van der Waals surface area contributed by atoms with Crippen molar-refractivity contribution in [2.45, 2.75) is 44.3 Å². The van der Waals surface area contributed by atoms with E-state index in [4.69, 9.17) is 0 Å². The fourth-order valence-corrected chi connectivity index (χ4v) is 3.15. The second kappa shape index (κ2) is 5.75. The minimum Gasteiger partial charge on any atom is -0.333 e. The molecule has 1 N–H and O–H groups in total. The van der Waals surface area contributed by atoms with Crippen LogP contribution in [-0.4, -0.2) is 15.6 Å². The third kappa shape index (κ3) is 2.75. The molecule has 1 aromatic carbocycles. The van der Waals surface area contributed by atoms with Gasteiger partial charge in [-0.15, -0.1) is 0 Å². The van der Waals surface area contributed by atoms with Gasteiger partial charge in [0.2, 0.25) is 0 Å². The summed E-state index contributed by atoms with van der Waals surface area (Å²) in [6, 6.07) is 7.86. The maximum Gasteiger partial charge on any atom is 0.123 e. The number of rotatable bonds is 4. The Hall–Kier alpha value is -1.68. The van der Waals surface area contributed by atoms with Crippen LogP contribution < -0.4 is 5.32 Å². The molecule has 2 aromatic rings. The molecule has 1 aliphatic carbocycles. The van der Waals surface area contributed by atoms with Gasteiger partial charge in [-0.1, -0.05) is 12.1 Å². The topological polar surface area (TPSA) is 29.9 Å². The molecular formula is C16H20FN3. The lowest BCUT2D eigenvalue weighted by molar-refractivity contribution is 0.362. The zero-order valence-corrected chi connectivity index (χ0v) is 11.7. The lowest BCUT2D eigenvalue weighted by atomic mass is 10.1. The average molecular weight is 273 g/mol. The first kappa shape index (κ1) is 13.3. The van der Waals surface area contributed by atoms with Crippen LogP contribution in [0.15, 0.2) is 43.0 Å². The van der Waals surface area contributed by atoms with E-state index in [0.717, 1.165) is 12.0 Å². The highest BCUT2D eigenvalue weighted by molar-refractivity contribution is 5.19. The molecule has 1 saturated carbocycles. The van der Waals surface area contributed by atoms with Gasteiger partial charge in [-0.25, -0.2) is 9.37 Å². The predicted octanol–water partition coefficient (Wildman–Crippen LogP) is 3.47. The summed E-state index contributed by atoms with van der Waals surface area (Å²) in [5.41, 5.74) is 1.00. The van der Waals surface area contributed by atoms with Gasteiger partial charge in [-0.05, 0) is 43.9 Å². The molecule has 0 bridgehead atoms. The minimum absolute atomic E-state index is 0.153. The normalized spacial score (nSPS) is 23.9. The predicted molar refractivity (Wildman–Crippen MR) is 76.9 cm³/mol. The summed E-state index contributed by atoms with van der Waals surface area (Å²) >= 11 is 0. The van der Waals surface area contributed by atoms with Gasteiger partial charge in [0.05, 0.1) is 6.33 Å². The first-order chi connectivity index (χ1) is 9.74. The van der Waals surface area contributed by atoms with Gasteiger partial charge in [0.1, 0.15) is 5.82 Å². The van der Waals surface area contributed by atoms with Crippen molar-refractivity contribution < 1.29 is 4.39 Å². The molecule has 1 aromatic heterocycles. The van der Waals surface area contributed by atoms with Gasteiger partial charge in [-0.2, -0.15) is 0 Å². The summed E-state index contributed by atoms with van der Waals surface area (Å²) in [7, 11) is 0. The van der Waals surface area contributed by atoms with Crippen LogP contribution in [0.5, 0.6) is 0 Å². The number of hydrogen-bond donors (Lipinski definition) is 1. The van der Waals surface area contributed by atoms with Crippen molar-refractivity contribution in [3.8, 4) is 0 Å². The number of imidazole rings is 1. The van der Waals surface area contributed by atoms with Crippen LogP contribution in [0.25, 0.3) is 0 Å². The van der Waals surface area contributed by atoms with Crippen molar-refractivity contribution in [1.29, 1.82) is 0 Å². The molecular weight excluding hydrogens is 253 g/mol. The lowest BCUT2D eigenvalue weighted by Crippen LogP contribution is -2.35. The van der Waals surface area contributed by atoms with E-state index in [1.807, 2.05) is 24.8 Å². The number of hydrogen-bond acceptors (Lipinski definition) is 2. The number of aromatic nitrogens is 2. The lowest BCUT2D eigenvalue weighted by Gasteiger charge is -2.26. The van der Waals surface area contributed by atoms with Crippen LogP contribution in [0.3, 0.4) is 0 Å². The van der Waals surface area contributed by atoms with Gasteiger partial charge < -0.3 is 9.88 Å². The van der Waals surface area contributed by atoms with E-state index in [1.165, 1.54) is 18.9 Å². The quantitative estimate of drug-likeness (QED) is 0.924. The number of nitrogens with one attached hydrogen (secondary N) is 1. The molecule has 3 rings (SSSR count). The van der Waals surface area contributed by atoms with E-state index in [9.17, 15) is 4.39 Å². The van der Waals surface area contributed by atoms with E-state index >= 15 is 0 Å². The zero-order chi connectivity index (χ0) is 13.9. The van der Waals surface area contributed by atoms with E-state index in [2.05, 4.69) is 21.8 Å². The van der Waals surface area contributed by atoms with Gasteiger partial charge in [0, 0.05) is 30.5 Å². The smallest absolute Gasteiger partial charge is 0.123 e. The van der Waals surface area contributed by atoms with E-state index in [-0.39, 0.29) is 11.9 Å². The van der Waals surface area contributed by atoms with Gasteiger partial charge in [0.25, 0.3) is 0 Å². The van der Waals surface area contributed by atoms with Crippen LogP contribution in [0.1, 0.15) is 43.8 Å². The van der Waals surface area contributed by atoms with Gasteiger partial charge >= 0.3 is 0 Å². The highest BCUT2D eigenvalue weighted by Gasteiger charge is 2.29. The largest absolute Gasteiger partial charge is 0.333 e. The fraction of sp³-hybridized carbons (Fsp3) is 0.438. The molecule has 1 heterocycles. The molecule has 0 amide bonds. The SMILES string of the molecule is CC(NC1CCCC1n1ccnc1)c1cccc(F)c1. The van der Waals surface area contributed by atoms with Crippen molar-refractivity contribution in [1.82, 2.24) is 14.9 Å². The van der Waals surface area contributed by atoms with Crippen LogP contribution in [0.2, 0.25) is 0 Å². The molecule has 3 nitrogen and oxygen atoms in total. The summed E-state index contributed by atoms with van der Waals surface area (Å²) in [5.74, 6) is -0.172. The summed E-state index contributed by atoms with van der Waals surface area (Å²) in [4.78, 5) is 4.14. The maximum atomic E-state index is 13.3. The number of nitrogens with zero attached hydrogens (tertiary/aromatic N) is 2. The molecule has 3 atom stereocenters. The number of halogens is 1. The average Bonchev–Trinajstić information content (AvgIpc) is 3.08. The third-order valence-electron chi connectivity index (χ3n) is 4.20. The monoisotopic (exact) mass is 273 g/mol. The molecule has 0 spiro atoms. The molecule has 0 radical (unpaired) electrons. The van der Waals surface area contributed by atoms with Crippen molar-refractivity contribution >= 4 is 0 Å². The van der Waals surface area contributed by atoms with Crippen LogP contribution in [-0.2, 0) is 0 Å². The van der Waals surface area contributed by atoms with E-state index < -0.39 is 0 Å². The van der Waals surface area contributed by atoms with Crippen molar-refractivity contribution in [2.24, 2.45) is 0 Å². The van der Waals surface area contributed by atoms with Crippen LogP contribution in [0, 0.1) is 5.82 Å². The van der Waals surface area contributed by atoms with Crippen LogP contribution >= 0.6 is 0 Å². The number of benzene rings is 1. The summed E-state index contributed by atoms with van der Waals surface area (Å²) in [6.45, 7) is 2.10. The molecule has 1 fully saturated rings. The van der Waals surface area contributed by atoms with Crippen molar-refractivity contribution in [3.05, 3.63) is 54.4 Å². The highest BCUT2D eigenvalue weighted by atomic mass is 19.1. The van der Waals surface area contributed by atoms with Crippen LogP contribution in [0.4, 0.5) is 4.39 Å². The molecule has 106 valence electrons. The molecule has 0 saturated heterocycles. The van der Waals surface area contributed by atoms with E-state index in [0.29, 0.717) is 12.1 Å². The molecule has 20 heavy (non-hydrogen) atoms. The maximum absolute atomic E-state index is 13.3. The first-order valence-corrected chi connectivity index (χ1v) is 7.23. The Bertz CT molecular complexity index is 553. The minimum atomic E-state index is -0.172. The van der Waals surface area contributed by atoms with Crippen molar-refractivity contribution in [3.63, 3.8) is 0 Å². The highest BCUT2D eigenvalue weighted by Crippen LogP contribution is 2.31. The Morgan fingerprint density at radius 3 is 3.05 bits per heavy atom. The van der Waals surface area contributed by atoms with Gasteiger partial charge in [0.15, 0.2) is 0 Å². The van der Waals surface area contributed by atoms with Gasteiger partial charge in [-0.3, -0.25) is 0 Å². The Labute approximate surface area is 118 Å². The molecule has 4 heteroatoms. The molecule has 3 unspecified atom stereocenters. The van der Waals surface area contributed by atoms with Crippen molar-refractivity contribution in [2.75, 3.05) is 0 Å². The standard InChI is InChI=1S/C16H20FN3/c1-12(13-4-2-5-14(17)10-13)19-15-6-3-7-16(15)20-9-8-18-11-20/h2,4-5,8-12,15-16,19H,3,6-7H2,1H3. The second-order valence-electron chi connectivity index (χ2n) is 5.56. The summed E-state index contributed by atoms with van der Waals surface area (Å²) in [6.07, 6.45) is 9.28. The molecule has 0 aliphatic heterocycles.